The fourth-order valence-corrected chi connectivity index (χ4v) is 3.13. The lowest BCUT2D eigenvalue weighted by Gasteiger charge is -2.12. The maximum absolute atomic E-state index is 14.4. The van der Waals surface area contributed by atoms with Crippen LogP contribution in [0.3, 0.4) is 0 Å². The molecule has 5 nitrogen and oxygen atoms in total. The molecular weight excluding hydrogens is 376 g/mol. The average molecular weight is 397 g/mol. The number of benzene rings is 2. The van der Waals surface area contributed by atoms with E-state index in [0.717, 1.165) is 5.56 Å². The van der Waals surface area contributed by atoms with Gasteiger partial charge in [0, 0.05) is 6.61 Å². The third kappa shape index (κ3) is 4.79. The van der Waals surface area contributed by atoms with E-state index in [1.54, 1.807) is 11.6 Å². The molecule has 150 valence electrons. The van der Waals surface area contributed by atoms with Gasteiger partial charge in [-0.25, -0.2) is 8.78 Å². The Kier molecular flexibility index (Phi) is 6.57. The second-order valence-corrected chi connectivity index (χ2v) is 6.67. The molecule has 0 fully saturated rings. The van der Waals surface area contributed by atoms with Crippen molar-refractivity contribution in [3.63, 3.8) is 0 Å². The van der Waals surface area contributed by atoms with Crippen molar-refractivity contribution in [2.24, 2.45) is 0 Å². The molecule has 29 heavy (non-hydrogen) atoms. The summed E-state index contributed by atoms with van der Waals surface area (Å²) in [5.74, 6) is -2.13. The van der Waals surface area contributed by atoms with Crippen molar-refractivity contribution >= 4 is 0 Å². The summed E-state index contributed by atoms with van der Waals surface area (Å²) < 4.78 is 35.8. The highest BCUT2D eigenvalue weighted by molar-refractivity contribution is 5.38. The standard InChI is InChI=1S/C22H21F2N3O2/c1-15-18(12-25)21(27(26-15)13-16-6-3-2-4-7-16)14-29-22-19(23)10-17(8-5-9-28)11-20(22)24/h2-4,6-7,10-11,28H,5,8-9,13-14H2,1H3. The number of hydrogen-bond acceptors (Lipinski definition) is 4. The molecule has 0 saturated carbocycles. The minimum atomic E-state index is -0.817. The number of aryl methyl sites for hydroxylation is 2. The van der Waals surface area contributed by atoms with Crippen LogP contribution in [0, 0.1) is 29.9 Å². The summed E-state index contributed by atoms with van der Waals surface area (Å²) in [4.78, 5) is 0. The van der Waals surface area contributed by atoms with Crippen molar-refractivity contribution in [2.75, 3.05) is 6.61 Å². The average Bonchev–Trinajstić information content (AvgIpc) is 3.00. The number of nitrogens with zero attached hydrogens (tertiary/aromatic N) is 3. The minimum absolute atomic E-state index is 0.0524. The number of halogens is 2. The molecule has 0 saturated heterocycles. The van der Waals surface area contributed by atoms with Crippen LogP contribution >= 0.6 is 0 Å². The second kappa shape index (κ2) is 9.30. The lowest BCUT2D eigenvalue weighted by atomic mass is 10.1. The maximum atomic E-state index is 14.4. The van der Waals surface area contributed by atoms with Gasteiger partial charge in [0.1, 0.15) is 12.7 Å². The number of aliphatic hydroxyl groups excluding tert-OH is 1. The molecule has 2 aromatic carbocycles. The molecule has 0 aliphatic heterocycles. The molecule has 0 bridgehead atoms. The van der Waals surface area contributed by atoms with Crippen LogP contribution in [-0.2, 0) is 19.6 Å². The first-order valence-electron chi connectivity index (χ1n) is 9.25. The van der Waals surface area contributed by atoms with Gasteiger partial charge in [0.05, 0.1) is 23.5 Å². The quantitative estimate of drug-likeness (QED) is 0.626. The van der Waals surface area contributed by atoms with Crippen molar-refractivity contribution in [3.8, 4) is 11.8 Å². The van der Waals surface area contributed by atoms with Gasteiger partial charge >= 0.3 is 0 Å². The van der Waals surface area contributed by atoms with Gasteiger partial charge in [-0.1, -0.05) is 30.3 Å². The molecule has 1 heterocycles. The van der Waals surface area contributed by atoms with Gasteiger partial charge in [-0.3, -0.25) is 4.68 Å². The van der Waals surface area contributed by atoms with E-state index in [1.165, 1.54) is 12.1 Å². The molecule has 0 aliphatic rings. The van der Waals surface area contributed by atoms with Gasteiger partial charge in [-0.15, -0.1) is 0 Å². The van der Waals surface area contributed by atoms with E-state index in [9.17, 15) is 14.0 Å². The largest absolute Gasteiger partial charge is 0.481 e. The Labute approximate surface area is 167 Å². The first-order chi connectivity index (χ1) is 14.0. The predicted molar refractivity (Wildman–Crippen MR) is 103 cm³/mol. The fraction of sp³-hybridized carbons (Fsp3) is 0.273. The molecule has 0 atom stereocenters. The van der Waals surface area contributed by atoms with Crippen molar-refractivity contribution in [1.82, 2.24) is 9.78 Å². The number of nitriles is 1. The van der Waals surface area contributed by atoms with Gasteiger partial charge in [-0.05, 0) is 43.0 Å². The second-order valence-electron chi connectivity index (χ2n) is 6.67. The molecule has 1 aromatic heterocycles. The summed E-state index contributed by atoms with van der Waals surface area (Å²) in [6, 6.07) is 14.1. The highest BCUT2D eigenvalue weighted by Crippen LogP contribution is 2.26. The van der Waals surface area contributed by atoms with E-state index in [0.29, 0.717) is 41.9 Å². The Morgan fingerprint density at radius 2 is 1.83 bits per heavy atom. The third-order valence-electron chi connectivity index (χ3n) is 4.55. The summed E-state index contributed by atoms with van der Waals surface area (Å²) in [7, 11) is 0. The van der Waals surface area contributed by atoms with Crippen LogP contribution in [0.5, 0.6) is 5.75 Å². The normalized spacial score (nSPS) is 10.7. The van der Waals surface area contributed by atoms with Crippen molar-refractivity contribution in [2.45, 2.75) is 32.9 Å². The van der Waals surface area contributed by atoms with Crippen LogP contribution in [0.2, 0.25) is 0 Å². The summed E-state index contributed by atoms with van der Waals surface area (Å²) in [6.07, 6.45) is 0.787. The monoisotopic (exact) mass is 397 g/mol. The Balaban J connectivity index is 1.84. The molecule has 1 N–H and O–H groups in total. The molecule has 0 radical (unpaired) electrons. The van der Waals surface area contributed by atoms with Gasteiger partial charge in [0.25, 0.3) is 0 Å². The fourth-order valence-electron chi connectivity index (χ4n) is 3.13. The SMILES string of the molecule is Cc1nn(Cc2ccccc2)c(COc2c(F)cc(CCCO)cc2F)c1C#N. The smallest absolute Gasteiger partial charge is 0.191 e. The Bertz CT molecular complexity index is 1000. The van der Waals surface area contributed by atoms with E-state index >= 15 is 0 Å². The molecule has 3 rings (SSSR count). The van der Waals surface area contributed by atoms with Crippen LogP contribution in [0.25, 0.3) is 0 Å². The van der Waals surface area contributed by atoms with Gasteiger partial charge in [0.2, 0.25) is 0 Å². The molecule has 0 unspecified atom stereocenters. The Morgan fingerprint density at radius 3 is 2.45 bits per heavy atom. The predicted octanol–water partition coefficient (Wildman–Crippen LogP) is 3.89. The van der Waals surface area contributed by atoms with E-state index in [-0.39, 0.29) is 13.2 Å². The Morgan fingerprint density at radius 1 is 1.14 bits per heavy atom. The highest BCUT2D eigenvalue weighted by Gasteiger charge is 2.19. The first kappa shape index (κ1) is 20.5. The molecule has 7 heteroatoms. The number of aromatic nitrogens is 2. The van der Waals surface area contributed by atoms with Crippen LogP contribution in [-0.4, -0.2) is 21.5 Å². The topological polar surface area (TPSA) is 71.1 Å². The first-order valence-corrected chi connectivity index (χ1v) is 9.25. The van der Waals surface area contributed by atoms with Crippen molar-refractivity contribution in [1.29, 1.82) is 5.26 Å². The molecule has 0 aliphatic carbocycles. The molecule has 0 amide bonds. The van der Waals surface area contributed by atoms with Crippen molar-refractivity contribution in [3.05, 3.63) is 82.2 Å². The number of aliphatic hydroxyl groups is 1. The minimum Gasteiger partial charge on any atom is -0.481 e. The van der Waals surface area contributed by atoms with Crippen LogP contribution < -0.4 is 4.74 Å². The number of rotatable bonds is 8. The third-order valence-corrected chi connectivity index (χ3v) is 4.55. The zero-order valence-corrected chi connectivity index (χ0v) is 16.0. The summed E-state index contributed by atoms with van der Waals surface area (Å²) in [5, 5.41) is 22.7. The summed E-state index contributed by atoms with van der Waals surface area (Å²) >= 11 is 0. The molecule has 3 aromatic rings. The highest BCUT2D eigenvalue weighted by atomic mass is 19.1. The van der Waals surface area contributed by atoms with Gasteiger partial charge in [0.15, 0.2) is 17.4 Å². The number of hydrogen-bond donors (Lipinski definition) is 1. The van der Waals surface area contributed by atoms with Gasteiger partial charge < -0.3 is 9.84 Å². The number of ether oxygens (including phenoxy) is 1. The van der Waals surface area contributed by atoms with Crippen molar-refractivity contribution < 1.29 is 18.6 Å². The lowest BCUT2D eigenvalue weighted by Crippen LogP contribution is -2.11. The van der Waals surface area contributed by atoms with Crippen LogP contribution in [0.4, 0.5) is 8.78 Å². The lowest BCUT2D eigenvalue weighted by molar-refractivity contribution is 0.263. The zero-order chi connectivity index (χ0) is 20.8. The summed E-state index contributed by atoms with van der Waals surface area (Å²) in [5.41, 5.74) is 2.75. The molecular formula is C22H21F2N3O2. The van der Waals surface area contributed by atoms with E-state index in [4.69, 9.17) is 9.84 Å². The van der Waals surface area contributed by atoms with Gasteiger partial charge in [-0.2, -0.15) is 10.4 Å². The Hall–Kier alpha value is -3.24. The van der Waals surface area contributed by atoms with E-state index in [1.807, 2.05) is 30.3 Å². The zero-order valence-electron chi connectivity index (χ0n) is 16.0. The van der Waals surface area contributed by atoms with E-state index < -0.39 is 17.4 Å². The molecule has 0 spiro atoms. The van der Waals surface area contributed by atoms with Crippen LogP contribution in [0.1, 0.15) is 34.5 Å². The maximum Gasteiger partial charge on any atom is 0.191 e. The summed E-state index contributed by atoms with van der Waals surface area (Å²) in [6.45, 7) is 1.87. The van der Waals surface area contributed by atoms with Crippen LogP contribution in [0.15, 0.2) is 42.5 Å². The van der Waals surface area contributed by atoms with E-state index in [2.05, 4.69) is 11.2 Å².